The van der Waals surface area contributed by atoms with Gasteiger partial charge in [0.25, 0.3) is 0 Å². The largest absolute Gasteiger partial charge is 0.869 e. The SMILES string of the molecule is CCCn1ccc(=O)c([O-])c1C. The molecule has 1 aromatic rings. The van der Waals surface area contributed by atoms with Gasteiger partial charge in [0.15, 0.2) is 5.43 Å². The molecule has 3 nitrogen and oxygen atoms in total. The van der Waals surface area contributed by atoms with Crippen LogP contribution in [-0.2, 0) is 6.54 Å². The molecule has 3 heteroatoms. The van der Waals surface area contributed by atoms with Crippen LogP contribution in [-0.4, -0.2) is 4.57 Å². The van der Waals surface area contributed by atoms with Crippen molar-refractivity contribution in [2.24, 2.45) is 0 Å². The zero-order valence-electron chi connectivity index (χ0n) is 7.33. The molecule has 66 valence electrons. The summed E-state index contributed by atoms with van der Waals surface area (Å²) in [4.78, 5) is 10.9. The van der Waals surface area contributed by atoms with Crippen molar-refractivity contribution in [3.05, 3.63) is 28.2 Å². The molecule has 0 atom stereocenters. The maximum atomic E-state index is 11.1. The molecule has 0 aromatic carbocycles. The van der Waals surface area contributed by atoms with Gasteiger partial charge in [-0.25, -0.2) is 0 Å². The molecule has 0 radical (unpaired) electrons. The van der Waals surface area contributed by atoms with E-state index >= 15 is 0 Å². The summed E-state index contributed by atoms with van der Waals surface area (Å²) in [6, 6.07) is 1.32. The molecule has 0 bridgehead atoms. The van der Waals surface area contributed by atoms with E-state index in [4.69, 9.17) is 0 Å². The van der Waals surface area contributed by atoms with Crippen LogP contribution in [0.5, 0.6) is 5.75 Å². The fourth-order valence-corrected chi connectivity index (χ4v) is 1.14. The van der Waals surface area contributed by atoms with Crippen LogP contribution in [0.1, 0.15) is 19.0 Å². The highest BCUT2D eigenvalue weighted by Crippen LogP contribution is 2.05. The normalized spacial score (nSPS) is 10.2. The number of rotatable bonds is 2. The number of pyridine rings is 1. The number of aromatic nitrogens is 1. The third-order valence-corrected chi connectivity index (χ3v) is 1.85. The maximum absolute atomic E-state index is 11.1. The van der Waals surface area contributed by atoms with Gasteiger partial charge in [0, 0.05) is 24.5 Å². The molecule has 0 spiro atoms. The Balaban J connectivity index is 3.17. The Morgan fingerprint density at radius 1 is 1.58 bits per heavy atom. The summed E-state index contributed by atoms with van der Waals surface area (Å²) in [5.74, 6) is -0.383. The molecular formula is C9H12NO2-. The molecule has 0 aliphatic rings. The first-order valence-corrected chi connectivity index (χ1v) is 4.04. The first kappa shape index (κ1) is 8.84. The van der Waals surface area contributed by atoms with Crippen molar-refractivity contribution in [3.8, 4) is 5.75 Å². The molecule has 0 saturated carbocycles. The first-order chi connectivity index (χ1) is 5.66. The van der Waals surface area contributed by atoms with Gasteiger partial charge < -0.3 is 9.67 Å². The van der Waals surface area contributed by atoms with Gasteiger partial charge >= 0.3 is 0 Å². The van der Waals surface area contributed by atoms with Crippen LogP contribution in [0.2, 0.25) is 0 Å². The lowest BCUT2D eigenvalue weighted by Crippen LogP contribution is -2.16. The van der Waals surface area contributed by atoms with Crippen LogP contribution in [0.15, 0.2) is 17.1 Å². The molecule has 0 amide bonds. The second-order valence-electron chi connectivity index (χ2n) is 2.79. The van der Waals surface area contributed by atoms with E-state index in [1.54, 1.807) is 13.1 Å². The molecule has 1 heterocycles. The predicted molar refractivity (Wildman–Crippen MR) is 45.2 cm³/mol. The van der Waals surface area contributed by atoms with Gasteiger partial charge in [0.1, 0.15) is 0 Å². The molecule has 1 aromatic heterocycles. The van der Waals surface area contributed by atoms with E-state index in [1.807, 2.05) is 11.5 Å². The van der Waals surface area contributed by atoms with Crippen LogP contribution >= 0.6 is 0 Å². The predicted octanol–water partition coefficient (Wildman–Crippen LogP) is 0.640. The van der Waals surface area contributed by atoms with E-state index in [2.05, 4.69) is 0 Å². The molecular weight excluding hydrogens is 154 g/mol. The van der Waals surface area contributed by atoms with Gasteiger partial charge in [-0.3, -0.25) is 4.79 Å². The van der Waals surface area contributed by atoms with Crippen molar-refractivity contribution in [1.82, 2.24) is 4.57 Å². The van der Waals surface area contributed by atoms with Crippen molar-refractivity contribution in [1.29, 1.82) is 0 Å². The minimum absolute atomic E-state index is 0.383. The Morgan fingerprint density at radius 2 is 2.25 bits per heavy atom. The summed E-state index contributed by atoms with van der Waals surface area (Å²) in [7, 11) is 0. The second-order valence-corrected chi connectivity index (χ2v) is 2.79. The smallest absolute Gasteiger partial charge is 0.174 e. The molecule has 1 rings (SSSR count). The monoisotopic (exact) mass is 166 g/mol. The van der Waals surface area contributed by atoms with Crippen LogP contribution in [0.25, 0.3) is 0 Å². The highest BCUT2D eigenvalue weighted by molar-refractivity contribution is 5.23. The van der Waals surface area contributed by atoms with Gasteiger partial charge in [-0.1, -0.05) is 6.92 Å². The molecule has 0 N–H and O–H groups in total. The summed E-state index contributed by atoms with van der Waals surface area (Å²) >= 11 is 0. The lowest BCUT2D eigenvalue weighted by molar-refractivity contribution is -0.271. The first-order valence-electron chi connectivity index (χ1n) is 4.04. The highest BCUT2D eigenvalue weighted by Gasteiger charge is 1.96. The van der Waals surface area contributed by atoms with Gasteiger partial charge in [-0.2, -0.15) is 0 Å². The van der Waals surface area contributed by atoms with Crippen LogP contribution in [0.3, 0.4) is 0 Å². The lowest BCUT2D eigenvalue weighted by atomic mass is 10.3. The summed E-state index contributed by atoms with van der Waals surface area (Å²) in [5, 5.41) is 11.1. The lowest BCUT2D eigenvalue weighted by Gasteiger charge is -2.15. The zero-order valence-corrected chi connectivity index (χ0v) is 7.33. The minimum Gasteiger partial charge on any atom is -0.869 e. The number of aryl methyl sites for hydroxylation is 1. The fraction of sp³-hybridized carbons (Fsp3) is 0.444. The fourth-order valence-electron chi connectivity index (χ4n) is 1.14. The van der Waals surface area contributed by atoms with Crippen LogP contribution < -0.4 is 10.5 Å². The maximum Gasteiger partial charge on any atom is 0.174 e. The number of hydrogen-bond donors (Lipinski definition) is 0. The van der Waals surface area contributed by atoms with Crippen LogP contribution in [0.4, 0.5) is 0 Å². The van der Waals surface area contributed by atoms with Crippen molar-refractivity contribution in [2.75, 3.05) is 0 Å². The topological polar surface area (TPSA) is 45.1 Å². The summed E-state index contributed by atoms with van der Waals surface area (Å²) in [6.07, 6.45) is 2.63. The van der Waals surface area contributed by atoms with Crippen LogP contribution in [0, 0.1) is 6.92 Å². The van der Waals surface area contributed by atoms with Gasteiger partial charge in [0.2, 0.25) is 0 Å². The quantitative estimate of drug-likeness (QED) is 0.647. The van der Waals surface area contributed by atoms with E-state index < -0.39 is 5.43 Å². The third kappa shape index (κ3) is 1.49. The summed E-state index contributed by atoms with van der Waals surface area (Å²) < 4.78 is 1.81. The van der Waals surface area contributed by atoms with Gasteiger partial charge in [0.05, 0.1) is 0 Å². The molecule has 0 saturated heterocycles. The van der Waals surface area contributed by atoms with Crippen molar-refractivity contribution in [3.63, 3.8) is 0 Å². The van der Waals surface area contributed by atoms with E-state index in [0.29, 0.717) is 5.69 Å². The van der Waals surface area contributed by atoms with Crippen molar-refractivity contribution in [2.45, 2.75) is 26.8 Å². The van der Waals surface area contributed by atoms with Gasteiger partial charge in [-0.15, -0.1) is 0 Å². The van der Waals surface area contributed by atoms with Gasteiger partial charge in [-0.05, 0) is 19.1 Å². The Hall–Kier alpha value is -1.25. The van der Waals surface area contributed by atoms with E-state index in [-0.39, 0.29) is 5.75 Å². The highest BCUT2D eigenvalue weighted by atomic mass is 16.3. The average molecular weight is 166 g/mol. The summed E-state index contributed by atoms with van der Waals surface area (Å²) in [5.41, 5.74) is 0.115. The minimum atomic E-state index is -0.417. The van der Waals surface area contributed by atoms with Crippen molar-refractivity contribution >= 4 is 0 Å². The summed E-state index contributed by atoms with van der Waals surface area (Å²) in [6.45, 7) is 4.50. The average Bonchev–Trinajstić information content (AvgIpc) is 2.07. The Morgan fingerprint density at radius 3 is 2.83 bits per heavy atom. The van der Waals surface area contributed by atoms with E-state index in [1.165, 1.54) is 6.07 Å². The Bertz CT molecular complexity index is 328. The Kier molecular flexibility index (Phi) is 2.53. The third-order valence-electron chi connectivity index (χ3n) is 1.85. The molecule has 0 unspecified atom stereocenters. The van der Waals surface area contributed by atoms with E-state index in [9.17, 15) is 9.90 Å². The molecule has 0 aliphatic heterocycles. The Labute approximate surface area is 71.3 Å². The van der Waals surface area contributed by atoms with E-state index in [0.717, 1.165) is 13.0 Å². The zero-order chi connectivity index (χ0) is 9.14. The van der Waals surface area contributed by atoms with Crippen molar-refractivity contribution < 1.29 is 5.11 Å². The standard InChI is InChI=1S/C9H13NO2/c1-3-5-10-6-4-8(11)9(12)7(10)2/h4,6,12H,3,5H2,1-2H3/p-1. The molecule has 0 aliphatic carbocycles. The molecule has 0 fully saturated rings. The second kappa shape index (κ2) is 3.43. The number of hydrogen-bond acceptors (Lipinski definition) is 2. The molecule has 12 heavy (non-hydrogen) atoms. The number of nitrogens with zero attached hydrogens (tertiary/aromatic N) is 1.